The van der Waals surface area contributed by atoms with Crippen molar-refractivity contribution in [3.8, 4) is 11.5 Å². The Morgan fingerprint density at radius 3 is 2.14 bits per heavy atom. The van der Waals surface area contributed by atoms with Gasteiger partial charge in [0.15, 0.2) is 11.5 Å². The minimum atomic E-state index is -4.27. The summed E-state index contributed by atoms with van der Waals surface area (Å²) in [7, 11) is -1.36. The average molecular weight is 665 g/mol. The zero-order chi connectivity index (χ0) is 32.4. The van der Waals surface area contributed by atoms with Gasteiger partial charge in [0, 0.05) is 34.8 Å². The van der Waals surface area contributed by atoms with Crippen LogP contribution in [0.25, 0.3) is 0 Å². The van der Waals surface area contributed by atoms with Crippen LogP contribution in [0.5, 0.6) is 11.5 Å². The molecule has 0 saturated heterocycles. The predicted molar refractivity (Wildman–Crippen MR) is 174 cm³/mol. The first-order valence-electron chi connectivity index (χ1n) is 14.3. The minimum Gasteiger partial charge on any atom is -0.493 e. The topological polar surface area (TPSA) is 105 Å². The molecule has 0 unspecified atom stereocenters. The Bertz CT molecular complexity index is 1530. The van der Waals surface area contributed by atoms with Gasteiger partial charge in [-0.3, -0.25) is 13.9 Å². The number of benzene rings is 3. The second-order valence-electron chi connectivity index (χ2n) is 10.2. The predicted octanol–water partition coefficient (Wildman–Crippen LogP) is 6.24. The van der Waals surface area contributed by atoms with Crippen LogP contribution in [0.4, 0.5) is 5.69 Å². The van der Waals surface area contributed by atoms with Crippen LogP contribution in [0.15, 0.2) is 65.6 Å². The normalized spacial score (nSPS) is 11.9. The monoisotopic (exact) mass is 663 g/mol. The third kappa shape index (κ3) is 8.37. The van der Waals surface area contributed by atoms with E-state index in [1.165, 1.54) is 43.4 Å². The quantitative estimate of drug-likeness (QED) is 0.193. The van der Waals surface area contributed by atoms with Crippen LogP contribution >= 0.6 is 23.2 Å². The number of methoxy groups -OCH3 is 2. The van der Waals surface area contributed by atoms with E-state index in [2.05, 4.69) is 5.32 Å². The molecule has 238 valence electrons. The molecule has 3 aromatic rings. The van der Waals surface area contributed by atoms with E-state index in [1.54, 1.807) is 43.3 Å². The summed E-state index contributed by atoms with van der Waals surface area (Å²) in [6.07, 6.45) is 1.92. The highest BCUT2D eigenvalue weighted by molar-refractivity contribution is 7.92. The Labute approximate surface area is 270 Å². The Balaban J connectivity index is 2.13. The second kappa shape index (κ2) is 16.0. The van der Waals surface area contributed by atoms with Crippen LogP contribution in [-0.4, -0.2) is 58.5 Å². The van der Waals surface area contributed by atoms with Crippen molar-refractivity contribution < 1.29 is 27.5 Å². The Morgan fingerprint density at radius 1 is 0.932 bits per heavy atom. The molecule has 9 nitrogen and oxygen atoms in total. The van der Waals surface area contributed by atoms with Gasteiger partial charge in [0.05, 0.1) is 24.8 Å². The van der Waals surface area contributed by atoms with Crippen molar-refractivity contribution >= 4 is 50.7 Å². The summed E-state index contributed by atoms with van der Waals surface area (Å²) in [4.78, 5) is 29.0. The van der Waals surface area contributed by atoms with Crippen molar-refractivity contribution in [2.24, 2.45) is 0 Å². The number of carbonyl (C=O) groups excluding carboxylic acids is 2. The zero-order valence-electron chi connectivity index (χ0n) is 25.6. The Kier molecular flexibility index (Phi) is 12.7. The molecule has 0 radical (unpaired) electrons. The van der Waals surface area contributed by atoms with E-state index in [-0.39, 0.29) is 35.2 Å². The number of nitrogens with zero attached hydrogens (tertiary/aromatic N) is 2. The van der Waals surface area contributed by atoms with Crippen LogP contribution in [0, 0.1) is 6.92 Å². The largest absolute Gasteiger partial charge is 0.493 e. The smallest absolute Gasteiger partial charge is 0.264 e. The summed E-state index contributed by atoms with van der Waals surface area (Å²) in [5, 5.41) is 3.54. The summed E-state index contributed by atoms with van der Waals surface area (Å²) in [6, 6.07) is 15.0. The molecule has 0 aliphatic heterocycles. The van der Waals surface area contributed by atoms with E-state index < -0.39 is 28.5 Å². The molecule has 1 atom stereocenters. The Hall–Kier alpha value is -3.47. The zero-order valence-corrected chi connectivity index (χ0v) is 27.9. The third-order valence-corrected chi connectivity index (χ3v) is 9.64. The number of unbranched alkanes of at least 4 members (excludes halogenated alkanes) is 1. The SMILES string of the molecule is CCCCNC(=O)[C@@H](CC)N(Cc1c(Cl)cccc1Cl)C(=O)CN(c1ccc(OC)c(OC)c1)S(=O)(=O)c1ccc(C)cc1. The molecule has 3 aromatic carbocycles. The van der Waals surface area contributed by atoms with Crippen LogP contribution in [0.3, 0.4) is 0 Å². The fourth-order valence-electron chi connectivity index (χ4n) is 4.63. The number of ether oxygens (including phenoxy) is 2. The molecule has 1 N–H and O–H groups in total. The molecule has 12 heteroatoms. The molecule has 0 spiro atoms. The first-order valence-corrected chi connectivity index (χ1v) is 16.5. The maximum Gasteiger partial charge on any atom is 0.264 e. The van der Waals surface area contributed by atoms with Gasteiger partial charge in [-0.1, -0.05) is 67.2 Å². The lowest BCUT2D eigenvalue weighted by Crippen LogP contribution is -2.52. The number of halogens is 2. The van der Waals surface area contributed by atoms with E-state index in [0.29, 0.717) is 27.9 Å². The molecule has 44 heavy (non-hydrogen) atoms. The molecule has 0 fully saturated rings. The van der Waals surface area contributed by atoms with E-state index in [4.69, 9.17) is 32.7 Å². The molecule has 0 aliphatic carbocycles. The lowest BCUT2D eigenvalue weighted by molar-refractivity contribution is -0.140. The lowest BCUT2D eigenvalue weighted by atomic mass is 10.1. The van der Waals surface area contributed by atoms with Gasteiger partial charge in [0.2, 0.25) is 11.8 Å². The number of sulfonamides is 1. The molecule has 0 heterocycles. The number of anilines is 1. The van der Waals surface area contributed by atoms with Crippen molar-refractivity contribution in [1.29, 1.82) is 0 Å². The minimum absolute atomic E-state index is 0.00395. The molecule has 2 amide bonds. The lowest BCUT2D eigenvalue weighted by Gasteiger charge is -2.33. The molecular weight excluding hydrogens is 625 g/mol. The van der Waals surface area contributed by atoms with Gasteiger partial charge < -0.3 is 19.7 Å². The van der Waals surface area contributed by atoms with Gasteiger partial charge in [-0.05, 0) is 56.2 Å². The number of hydrogen-bond donors (Lipinski definition) is 1. The summed E-state index contributed by atoms with van der Waals surface area (Å²) in [5.74, 6) is -0.302. The van der Waals surface area contributed by atoms with Crippen LogP contribution in [0.1, 0.15) is 44.2 Å². The van der Waals surface area contributed by atoms with Crippen LogP contribution in [-0.2, 0) is 26.2 Å². The fourth-order valence-corrected chi connectivity index (χ4v) is 6.55. The Morgan fingerprint density at radius 2 is 1.57 bits per heavy atom. The average Bonchev–Trinajstić information content (AvgIpc) is 3.00. The fraction of sp³-hybridized carbons (Fsp3) is 0.375. The van der Waals surface area contributed by atoms with Crippen molar-refractivity contribution in [2.75, 3.05) is 31.6 Å². The molecule has 0 aromatic heterocycles. The molecular formula is C32H39Cl2N3O6S. The maximum absolute atomic E-state index is 14.3. The van der Waals surface area contributed by atoms with Crippen molar-refractivity contribution in [1.82, 2.24) is 10.2 Å². The summed E-state index contributed by atoms with van der Waals surface area (Å²) < 4.78 is 40.0. The summed E-state index contributed by atoms with van der Waals surface area (Å²) in [6.45, 7) is 5.36. The summed E-state index contributed by atoms with van der Waals surface area (Å²) in [5.41, 5.74) is 1.50. The van der Waals surface area contributed by atoms with Crippen molar-refractivity contribution in [3.63, 3.8) is 0 Å². The van der Waals surface area contributed by atoms with Crippen molar-refractivity contribution in [3.05, 3.63) is 81.8 Å². The molecule has 3 rings (SSSR count). The molecule has 0 saturated carbocycles. The van der Waals surface area contributed by atoms with Gasteiger partial charge in [-0.25, -0.2) is 8.42 Å². The highest BCUT2D eigenvalue weighted by atomic mass is 35.5. The van der Waals surface area contributed by atoms with E-state index >= 15 is 0 Å². The van der Waals surface area contributed by atoms with Gasteiger partial charge in [-0.2, -0.15) is 0 Å². The number of aryl methyl sites for hydroxylation is 1. The van der Waals surface area contributed by atoms with Crippen LogP contribution in [0.2, 0.25) is 10.0 Å². The summed E-state index contributed by atoms with van der Waals surface area (Å²) >= 11 is 13.0. The number of amides is 2. The highest BCUT2D eigenvalue weighted by Crippen LogP contribution is 2.34. The van der Waals surface area contributed by atoms with E-state index in [1.807, 2.05) is 13.8 Å². The van der Waals surface area contributed by atoms with Gasteiger partial charge >= 0.3 is 0 Å². The molecule has 0 aliphatic rings. The van der Waals surface area contributed by atoms with E-state index in [9.17, 15) is 18.0 Å². The van der Waals surface area contributed by atoms with Gasteiger partial charge in [-0.15, -0.1) is 0 Å². The first-order chi connectivity index (χ1) is 21.0. The highest BCUT2D eigenvalue weighted by Gasteiger charge is 2.34. The van der Waals surface area contributed by atoms with Gasteiger partial charge in [0.1, 0.15) is 12.6 Å². The van der Waals surface area contributed by atoms with Gasteiger partial charge in [0.25, 0.3) is 10.0 Å². The number of hydrogen-bond acceptors (Lipinski definition) is 6. The maximum atomic E-state index is 14.3. The van der Waals surface area contributed by atoms with E-state index in [0.717, 1.165) is 22.7 Å². The second-order valence-corrected chi connectivity index (χ2v) is 12.8. The first kappa shape index (κ1) is 35.0. The number of nitrogens with one attached hydrogen (secondary N) is 1. The number of rotatable bonds is 15. The van der Waals surface area contributed by atoms with Crippen LogP contribution < -0.4 is 19.1 Å². The third-order valence-electron chi connectivity index (χ3n) is 7.15. The molecule has 0 bridgehead atoms. The number of carbonyl (C=O) groups is 2. The standard InChI is InChI=1S/C32H39Cl2N3O6S/c1-6-8-18-35-32(39)28(7-2)36(20-25-26(33)10-9-11-27(25)34)31(38)21-37(23-14-17-29(42-4)30(19-23)43-5)44(40,41)24-15-12-22(3)13-16-24/h9-17,19,28H,6-8,18,20-21H2,1-5H3,(H,35,39)/t28-/m1/s1. The van der Waals surface area contributed by atoms with Crippen molar-refractivity contribution in [2.45, 2.75) is 57.5 Å².